The van der Waals surface area contributed by atoms with Gasteiger partial charge in [-0.1, -0.05) is 27.4 Å². The van der Waals surface area contributed by atoms with Crippen molar-refractivity contribution in [3.8, 4) is 0 Å². The van der Waals surface area contributed by atoms with E-state index in [0.29, 0.717) is 43.1 Å². The number of Topliss-reactive ketones (excluding diaryl/α,β-unsaturated/α-hetero) is 1. The summed E-state index contributed by atoms with van der Waals surface area (Å²) in [6, 6.07) is 0.362. The van der Waals surface area contributed by atoms with Gasteiger partial charge in [-0.15, -0.1) is 0 Å². The fraction of sp³-hybridized carbons (Fsp3) is 0.889. The van der Waals surface area contributed by atoms with Crippen LogP contribution in [0.1, 0.15) is 72.1 Å². The first-order valence-corrected chi connectivity index (χ1v) is 13.1. The molecule has 2 saturated heterocycles. The Kier molecular flexibility index (Phi) is 4.69. The minimum atomic E-state index is -0.843. The highest BCUT2D eigenvalue weighted by molar-refractivity contribution is 5.83. The molecule has 0 aromatic carbocycles. The number of piperidine rings is 1. The first-order chi connectivity index (χ1) is 15.1. The van der Waals surface area contributed by atoms with Crippen LogP contribution in [-0.4, -0.2) is 52.0 Å². The molecule has 0 amide bonds. The average molecular weight is 444 g/mol. The van der Waals surface area contributed by atoms with Crippen molar-refractivity contribution in [2.75, 3.05) is 6.54 Å². The summed E-state index contributed by atoms with van der Waals surface area (Å²) in [4.78, 5) is 13.2. The predicted octanol–water partition coefficient (Wildman–Crippen LogP) is 3.23. The maximum absolute atomic E-state index is 13.2. The molecule has 6 rings (SSSR count). The minimum absolute atomic E-state index is 0.00139. The molecule has 4 saturated carbocycles. The van der Waals surface area contributed by atoms with Gasteiger partial charge < -0.3 is 20.3 Å². The molecule has 6 fully saturated rings. The monoisotopic (exact) mass is 443 g/mol. The van der Waals surface area contributed by atoms with Gasteiger partial charge in [-0.3, -0.25) is 4.79 Å². The molecule has 1 spiro atoms. The third-order valence-electron chi connectivity index (χ3n) is 11.4. The number of carbonyl (C=O) groups excluding carboxylic acids is 1. The van der Waals surface area contributed by atoms with E-state index in [1.165, 1.54) is 0 Å². The number of hydrogen-bond acceptors (Lipinski definition) is 5. The Bertz CT molecular complexity index is 844. The van der Waals surface area contributed by atoms with Crippen LogP contribution in [0.5, 0.6) is 0 Å². The Morgan fingerprint density at radius 1 is 1.09 bits per heavy atom. The van der Waals surface area contributed by atoms with Gasteiger partial charge in [-0.2, -0.15) is 0 Å². The number of nitrogens with one attached hydrogen (secondary N) is 1. The summed E-state index contributed by atoms with van der Waals surface area (Å²) in [5.74, 6) is 1.50. The van der Waals surface area contributed by atoms with Crippen molar-refractivity contribution in [1.29, 1.82) is 0 Å². The van der Waals surface area contributed by atoms with Crippen molar-refractivity contribution in [2.45, 2.75) is 102 Å². The lowest BCUT2D eigenvalue weighted by Crippen LogP contribution is -2.57. The highest BCUT2D eigenvalue weighted by atomic mass is 16.5. The Hall–Kier alpha value is -0.750. The van der Waals surface area contributed by atoms with Gasteiger partial charge in [0.25, 0.3) is 0 Å². The fourth-order valence-electron chi connectivity index (χ4n) is 9.57. The first kappa shape index (κ1) is 21.8. The van der Waals surface area contributed by atoms with Crippen molar-refractivity contribution in [3.05, 3.63) is 12.2 Å². The van der Waals surface area contributed by atoms with Crippen LogP contribution >= 0.6 is 0 Å². The van der Waals surface area contributed by atoms with E-state index in [9.17, 15) is 15.0 Å². The summed E-state index contributed by atoms with van der Waals surface area (Å²) in [5.41, 5.74) is -0.221. The number of aliphatic hydroxyl groups excluding tert-OH is 1. The summed E-state index contributed by atoms with van der Waals surface area (Å²) in [6.07, 6.45) is 6.09. The van der Waals surface area contributed by atoms with Crippen molar-refractivity contribution in [3.63, 3.8) is 0 Å². The minimum Gasteiger partial charge on any atom is -0.393 e. The molecule has 0 aromatic heterocycles. The fourth-order valence-corrected chi connectivity index (χ4v) is 9.57. The third-order valence-corrected chi connectivity index (χ3v) is 11.4. The molecule has 0 aromatic rings. The first-order valence-electron chi connectivity index (χ1n) is 13.1. The van der Waals surface area contributed by atoms with Crippen LogP contribution in [-0.2, 0) is 9.53 Å². The van der Waals surface area contributed by atoms with Crippen LogP contribution in [0.25, 0.3) is 0 Å². The van der Waals surface area contributed by atoms with E-state index in [1.807, 2.05) is 0 Å². The van der Waals surface area contributed by atoms with Crippen LogP contribution in [0.4, 0.5) is 0 Å². The Morgan fingerprint density at radius 3 is 2.66 bits per heavy atom. The van der Waals surface area contributed by atoms with Crippen LogP contribution in [0, 0.1) is 40.9 Å². The van der Waals surface area contributed by atoms with Crippen LogP contribution in [0.3, 0.4) is 0 Å². The molecular weight excluding hydrogens is 402 g/mol. The summed E-state index contributed by atoms with van der Waals surface area (Å²) in [6.45, 7) is 12.6. The Labute approximate surface area is 192 Å². The van der Waals surface area contributed by atoms with Crippen molar-refractivity contribution >= 4 is 5.78 Å². The lowest BCUT2D eigenvalue weighted by atomic mass is 9.51. The van der Waals surface area contributed by atoms with Gasteiger partial charge >= 0.3 is 0 Å². The molecule has 0 radical (unpaired) electrons. The molecule has 32 heavy (non-hydrogen) atoms. The van der Waals surface area contributed by atoms with E-state index >= 15 is 0 Å². The Morgan fingerprint density at radius 2 is 1.88 bits per heavy atom. The van der Waals surface area contributed by atoms with Gasteiger partial charge in [0, 0.05) is 30.2 Å². The maximum Gasteiger partial charge on any atom is 0.137 e. The van der Waals surface area contributed by atoms with Gasteiger partial charge in [0.1, 0.15) is 5.78 Å². The standard InChI is InChI=1S/C27H41NO4/c1-14-9-23-24(28-13-14)16(3)27(32-23)8-7-26(31)18(15(27)2)11-19-20(26)12-22(30)21-10-17(29)5-6-25(19,21)4/h14,16-21,23-24,28-29,31H,2,5-13H2,1,3-4H3/t14-,16+,17-,18-,19-,20+,21+,23+,24-,25+,26-,27-/m0/s1. The smallest absolute Gasteiger partial charge is 0.137 e. The largest absolute Gasteiger partial charge is 0.393 e. The summed E-state index contributed by atoms with van der Waals surface area (Å²) in [7, 11) is 0. The summed E-state index contributed by atoms with van der Waals surface area (Å²) >= 11 is 0. The molecule has 3 N–H and O–H groups in total. The summed E-state index contributed by atoms with van der Waals surface area (Å²) < 4.78 is 6.89. The number of ketones is 1. The quantitative estimate of drug-likeness (QED) is 0.501. The van der Waals surface area contributed by atoms with Gasteiger partial charge in [0.15, 0.2) is 0 Å². The van der Waals surface area contributed by atoms with Gasteiger partial charge in [-0.05, 0) is 80.2 Å². The van der Waals surface area contributed by atoms with Crippen LogP contribution < -0.4 is 5.32 Å². The Balaban J connectivity index is 1.33. The van der Waals surface area contributed by atoms with E-state index in [2.05, 4.69) is 32.7 Å². The molecule has 2 aliphatic heterocycles. The van der Waals surface area contributed by atoms with E-state index in [-0.39, 0.29) is 46.8 Å². The van der Waals surface area contributed by atoms with Crippen molar-refractivity contribution in [1.82, 2.24) is 5.32 Å². The van der Waals surface area contributed by atoms with Gasteiger partial charge in [-0.25, -0.2) is 0 Å². The van der Waals surface area contributed by atoms with Crippen LogP contribution in [0.15, 0.2) is 12.2 Å². The molecule has 178 valence electrons. The molecule has 5 heteroatoms. The molecule has 4 aliphatic carbocycles. The zero-order valence-electron chi connectivity index (χ0n) is 20.0. The SMILES string of the molecule is C=C1[C@@H]2C[C@H]3[C@@H](CC(=O)[C@H]4C[C@@H](O)CC[C@@]43C)[C@]2(O)CC[C@]12O[C@@H]1C[C@H](C)CN[C@H]1[C@H]2C. The van der Waals surface area contributed by atoms with E-state index < -0.39 is 5.60 Å². The second kappa shape index (κ2) is 6.90. The van der Waals surface area contributed by atoms with E-state index in [4.69, 9.17) is 4.74 Å². The topological polar surface area (TPSA) is 78.8 Å². The van der Waals surface area contributed by atoms with Crippen LogP contribution in [0.2, 0.25) is 0 Å². The van der Waals surface area contributed by atoms with Gasteiger partial charge in [0.05, 0.1) is 23.4 Å². The molecule has 2 heterocycles. The summed E-state index contributed by atoms with van der Waals surface area (Å²) in [5, 5.41) is 26.2. The van der Waals surface area contributed by atoms with Gasteiger partial charge in [0.2, 0.25) is 0 Å². The molecule has 12 atom stereocenters. The van der Waals surface area contributed by atoms with E-state index in [1.54, 1.807) is 0 Å². The normalized spacial score (nSPS) is 59.5. The third kappa shape index (κ3) is 2.63. The average Bonchev–Trinajstić information content (AvgIpc) is 3.20. The number of hydrogen-bond donors (Lipinski definition) is 3. The second-order valence-corrected chi connectivity index (χ2v) is 12.8. The number of fused-ring (bicyclic) bond motifs is 6. The zero-order valence-corrected chi connectivity index (χ0v) is 20.0. The maximum atomic E-state index is 13.2. The predicted molar refractivity (Wildman–Crippen MR) is 122 cm³/mol. The number of ether oxygens (including phenoxy) is 1. The second-order valence-electron chi connectivity index (χ2n) is 12.8. The lowest BCUT2D eigenvalue weighted by molar-refractivity contribution is -0.159. The number of aliphatic hydroxyl groups is 2. The molecule has 5 nitrogen and oxygen atoms in total. The molecule has 0 bridgehead atoms. The molecule has 0 unspecified atom stereocenters. The highest BCUT2D eigenvalue weighted by Gasteiger charge is 2.69. The molecule has 6 aliphatic rings. The number of carbonyl (C=O) groups is 1. The number of rotatable bonds is 0. The zero-order chi connectivity index (χ0) is 22.6. The molecular formula is C27H41NO4. The highest BCUT2D eigenvalue weighted by Crippen LogP contribution is 2.68. The van der Waals surface area contributed by atoms with E-state index in [0.717, 1.165) is 44.2 Å². The van der Waals surface area contributed by atoms with Crippen molar-refractivity contribution < 1.29 is 19.7 Å². The lowest BCUT2D eigenvalue weighted by Gasteiger charge is -2.54. The van der Waals surface area contributed by atoms with Crippen molar-refractivity contribution in [2.24, 2.45) is 40.9 Å².